The quantitative estimate of drug-likeness (QED) is 0.735. The number of hydrogen-bond acceptors (Lipinski definition) is 2. The summed E-state index contributed by atoms with van der Waals surface area (Å²) in [5.41, 5.74) is -0.361. The summed E-state index contributed by atoms with van der Waals surface area (Å²) >= 11 is 1.91. The van der Waals surface area contributed by atoms with E-state index in [2.05, 4.69) is 20.8 Å². The van der Waals surface area contributed by atoms with E-state index in [1.54, 1.807) is 0 Å². The normalized spacial score (nSPS) is 38.5. The maximum Gasteiger partial charge on any atom is 0.0773 e. The van der Waals surface area contributed by atoms with Gasteiger partial charge in [-0.05, 0) is 18.8 Å². The molecular formula is C10H20OS. The van der Waals surface area contributed by atoms with Gasteiger partial charge in [0.2, 0.25) is 0 Å². The van der Waals surface area contributed by atoms with Crippen molar-refractivity contribution in [2.45, 2.75) is 50.9 Å². The predicted octanol–water partition coefficient (Wildman–Crippen LogP) is 2.68. The van der Waals surface area contributed by atoms with Gasteiger partial charge in [0.15, 0.2) is 0 Å². The van der Waals surface area contributed by atoms with Gasteiger partial charge in [-0.15, -0.1) is 0 Å². The van der Waals surface area contributed by atoms with Gasteiger partial charge in [0, 0.05) is 11.0 Å². The Morgan fingerprint density at radius 1 is 1.67 bits per heavy atom. The number of thioether (sulfide) groups is 1. The zero-order valence-electron chi connectivity index (χ0n) is 8.34. The summed E-state index contributed by atoms with van der Waals surface area (Å²) in [6.07, 6.45) is 3.32. The van der Waals surface area contributed by atoms with Gasteiger partial charge in [-0.2, -0.15) is 11.8 Å². The maximum absolute atomic E-state index is 10.2. The summed E-state index contributed by atoms with van der Waals surface area (Å²) in [5.74, 6) is 1.41. The van der Waals surface area contributed by atoms with Crippen molar-refractivity contribution < 1.29 is 5.11 Å². The molecule has 0 aromatic heterocycles. The first-order valence-electron chi connectivity index (χ1n) is 4.92. The third-order valence-electron chi connectivity index (χ3n) is 2.90. The maximum atomic E-state index is 10.2. The van der Waals surface area contributed by atoms with Gasteiger partial charge < -0.3 is 5.11 Å². The Hall–Kier alpha value is 0.310. The molecule has 1 aliphatic rings. The van der Waals surface area contributed by atoms with Crippen molar-refractivity contribution in [2.24, 2.45) is 5.92 Å². The van der Waals surface area contributed by atoms with Crippen molar-refractivity contribution in [2.75, 3.05) is 5.75 Å². The lowest BCUT2D eigenvalue weighted by atomic mass is 9.84. The molecule has 1 heterocycles. The van der Waals surface area contributed by atoms with E-state index in [4.69, 9.17) is 0 Å². The van der Waals surface area contributed by atoms with Gasteiger partial charge in [0.1, 0.15) is 0 Å². The van der Waals surface area contributed by atoms with E-state index in [9.17, 15) is 5.11 Å². The highest BCUT2D eigenvalue weighted by Gasteiger charge is 2.39. The van der Waals surface area contributed by atoms with E-state index in [0.717, 1.165) is 18.6 Å². The topological polar surface area (TPSA) is 20.2 Å². The molecule has 0 bridgehead atoms. The molecule has 0 saturated carbocycles. The van der Waals surface area contributed by atoms with Gasteiger partial charge in [-0.3, -0.25) is 0 Å². The lowest BCUT2D eigenvalue weighted by Crippen LogP contribution is -2.36. The van der Waals surface area contributed by atoms with E-state index in [1.165, 1.54) is 6.42 Å². The van der Waals surface area contributed by atoms with Crippen LogP contribution < -0.4 is 0 Å². The summed E-state index contributed by atoms with van der Waals surface area (Å²) < 4.78 is 0. The molecule has 1 rings (SSSR count). The average Bonchev–Trinajstić information content (AvgIpc) is 2.33. The molecule has 1 nitrogen and oxygen atoms in total. The minimum Gasteiger partial charge on any atom is -0.389 e. The van der Waals surface area contributed by atoms with Gasteiger partial charge in [0.05, 0.1) is 5.60 Å². The highest BCUT2D eigenvalue weighted by Crippen LogP contribution is 2.40. The Labute approximate surface area is 79.9 Å². The molecule has 1 N–H and O–H groups in total. The van der Waals surface area contributed by atoms with Crippen molar-refractivity contribution in [1.82, 2.24) is 0 Å². The fourth-order valence-corrected chi connectivity index (χ4v) is 3.33. The molecule has 2 heteroatoms. The second-order valence-corrected chi connectivity index (χ2v) is 5.55. The second kappa shape index (κ2) is 4.01. The van der Waals surface area contributed by atoms with Crippen molar-refractivity contribution in [1.29, 1.82) is 0 Å². The smallest absolute Gasteiger partial charge is 0.0773 e. The summed E-state index contributed by atoms with van der Waals surface area (Å²) in [7, 11) is 0. The highest BCUT2D eigenvalue weighted by atomic mass is 32.2. The lowest BCUT2D eigenvalue weighted by Gasteiger charge is -2.29. The first kappa shape index (κ1) is 10.4. The number of rotatable bonds is 3. The molecule has 1 aliphatic heterocycles. The van der Waals surface area contributed by atoms with Crippen LogP contribution in [0, 0.1) is 5.92 Å². The van der Waals surface area contributed by atoms with Gasteiger partial charge in [-0.25, -0.2) is 0 Å². The lowest BCUT2D eigenvalue weighted by molar-refractivity contribution is 0.00656. The van der Waals surface area contributed by atoms with Crippen LogP contribution in [0.5, 0.6) is 0 Å². The van der Waals surface area contributed by atoms with Crippen LogP contribution in [0.4, 0.5) is 0 Å². The second-order valence-electron chi connectivity index (χ2n) is 4.12. The van der Waals surface area contributed by atoms with Crippen molar-refractivity contribution in [3.63, 3.8) is 0 Å². The molecule has 3 atom stereocenters. The van der Waals surface area contributed by atoms with Crippen LogP contribution in [-0.2, 0) is 0 Å². The predicted molar refractivity (Wildman–Crippen MR) is 55.6 cm³/mol. The van der Waals surface area contributed by atoms with Crippen molar-refractivity contribution in [3.8, 4) is 0 Å². The fourth-order valence-electron chi connectivity index (χ4n) is 1.95. The Morgan fingerprint density at radius 2 is 2.33 bits per heavy atom. The number of hydrogen-bond donors (Lipinski definition) is 1. The molecule has 1 saturated heterocycles. The molecule has 0 aromatic carbocycles. The minimum absolute atomic E-state index is 0.361. The zero-order chi connectivity index (χ0) is 9.19. The Morgan fingerprint density at radius 3 is 2.75 bits per heavy atom. The number of aliphatic hydroxyl groups is 1. The van der Waals surface area contributed by atoms with E-state index < -0.39 is 0 Å². The van der Waals surface area contributed by atoms with Crippen LogP contribution in [0.2, 0.25) is 0 Å². The summed E-state index contributed by atoms with van der Waals surface area (Å²) in [5, 5.41) is 10.9. The molecule has 72 valence electrons. The highest BCUT2D eigenvalue weighted by molar-refractivity contribution is 8.00. The Kier molecular flexibility index (Phi) is 3.47. The molecule has 12 heavy (non-hydrogen) atoms. The monoisotopic (exact) mass is 188 g/mol. The van der Waals surface area contributed by atoms with Crippen LogP contribution in [0.25, 0.3) is 0 Å². The van der Waals surface area contributed by atoms with Crippen LogP contribution in [-0.4, -0.2) is 21.7 Å². The average molecular weight is 188 g/mol. The summed E-state index contributed by atoms with van der Waals surface area (Å²) in [6.45, 7) is 6.58. The van der Waals surface area contributed by atoms with Crippen LogP contribution in [0.3, 0.4) is 0 Å². The summed E-state index contributed by atoms with van der Waals surface area (Å²) in [6, 6.07) is 0. The largest absolute Gasteiger partial charge is 0.389 e. The molecule has 0 aliphatic carbocycles. The SMILES string of the molecule is CCCC(C)C1(O)CSC(C)C1. The summed E-state index contributed by atoms with van der Waals surface area (Å²) in [4.78, 5) is 0. The van der Waals surface area contributed by atoms with E-state index in [0.29, 0.717) is 11.2 Å². The third-order valence-corrected chi connectivity index (χ3v) is 4.30. The minimum atomic E-state index is -0.361. The molecule has 3 unspecified atom stereocenters. The first-order chi connectivity index (χ1) is 5.58. The Balaban J connectivity index is 2.48. The van der Waals surface area contributed by atoms with Crippen molar-refractivity contribution >= 4 is 11.8 Å². The van der Waals surface area contributed by atoms with E-state index in [1.807, 2.05) is 11.8 Å². The Bertz CT molecular complexity index is 149. The molecule has 0 spiro atoms. The molecule has 0 radical (unpaired) electrons. The van der Waals surface area contributed by atoms with Crippen LogP contribution >= 0.6 is 11.8 Å². The van der Waals surface area contributed by atoms with Gasteiger partial charge in [0.25, 0.3) is 0 Å². The van der Waals surface area contributed by atoms with Crippen LogP contribution in [0.15, 0.2) is 0 Å². The fraction of sp³-hybridized carbons (Fsp3) is 1.00. The van der Waals surface area contributed by atoms with E-state index in [-0.39, 0.29) is 5.60 Å². The van der Waals surface area contributed by atoms with Gasteiger partial charge >= 0.3 is 0 Å². The van der Waals surface area contributed by atoms with Crippen LogP contribution in [0.1, 0.15) is 40.0 Å². The molecule has 1 fully saturated rings. The third kappa shape index (κ3) is 2.17. The standard InChI is InChI=1S/C10H20OS/c1-4-5-8(2)10(11)6-9(3)12-7-10/h8-9,11H,4-7H2,1-3H3. The first-order valence-corrected chi connectivity index (χ1v) is 5.97. The molecule has 0 aromatic rings. The van der Waals surface area contributed by atoms with Crippen molar-refractivity contribution in [3.05, 3.63) is 0 Å². The van der Waals surface area contributed by atoms with Gasteiger partial charge in [-0.1, -0.05) is 27.2 Å². The molecule has 0 amide bonds. The zero-order valence-corrected chi connectivity index (χ0v) is 9.16. The van der Waals surface area contributed by atoms with E-state index >= 15 is 0 Å². The molecular weight excluding hydrogens is 168 g/mol.